The van der Waals surface area contributed by atoms with E-state index in [2.05, 4.69) is 107 Å². The Morgan fingerprint density at radius 1 is 0.775 bits per heavy atom. The van der Waals surface area contributed by atoms with Crippen LogP contribution in [0.15, 0.2) is 77.3 Å². The topological polar surface area (TPSA) is 30.9 Å². The first-order chi connectivity index (χ1) is 19.4. The van der Waals surface area contributed by atoms with Gasteiger partial charge in [0.05, 0.1) is 13.2 Å². The number of halogens is 2. The predicted molar refractivity (Wildman–Crippen MR) is 176 cm³/mol. The number of hydrogen-bond donors (Lipinski definition) is 0. The van der Waals surface area contributed by atoms with Crippen molar-refractivity contribution in [3.63, 3.8) is 0 Å². The minimum Gasteiger partial charge on any atom is -0.491 e. The van der Waals surface area contributed by atoms with E-state index in [9.17, 15) is 0 Å². The standard InChI is InChI=1S/C33H44BrNO3.CH3Br/c1-5-6-9-20-33(2,3)29-14-18-30(19-15-29)37-24-23-36-22-21-35(4)25-27-12-16-31(17-13-27)38-26-28-10-7-8-11-32(28)34;1-2/h7-8,10-19H,5-6,9,20-26H2,1-4H3;1H3. The molecule has 0 aliphatic carbocycles. The highest BCUT2D eigenvalue weighted by Crippen LogP contribution is 2.30. The van der Waals surface area contributed by atoms with E-state index in [1.807, 2.05) is 36.2 Å². The molecule has 40 heavy (non-hydrogen) atoms. The van der Waals surface area contributed by atoms with Crippen molar-refractivity contribution in [3.8, 4) is 11.5 Å². The lowest BCUT2D eigenvalue weighted by molar-refractivity contribution is 0.0836. The Hall–Kier alpha value is -1.86. The molecule has 0 amide bonds. The molecular formula is C34H47Br2NO3. The Kier molecular flexibility index (Phi) is 16.6. The maximum atomic E-state index is 5.93. The molecule has 0 saturated carbocycles. The average molecular weight is 678 g/mol. The lowest BCUT2D eigenvalue weighted by atomic mass is 9.80. The van der Waals surface area contributed by atoms with Crippen molar-refractivity contribution in [2.45, 2.75) is 65.0 Å². The van der Waals surface area contributed by atoms with Gasteiger partial charge in [0.25, 0.3) is 0 Å². The number of alkyl halides is 1. The summed E-state index contributed by atoms with van der Waals surface area (Å²) < 4.78 is 18.7. The molecule has 3 rings (SSSR count). The maximum Gasteiger partial charge on any atom is 0.119 e. The van der Waals surface area contributed by atoms with Gasteiger partial charge in [0.1, 0.15) is 24.7 Å². The number of ether oxygens (including phenoxy) is 3. The summed E-state index contributed by atoms with van der Waals surface area (Å²) >= 11 is 6.50. The van der Waals surface area contributed by atoms with Crippen LogP contribution >= 0.6 is 31.9 Å². The highest BCUT2D eigenvalue weighted by atomic mass is 79.9. The van der Waals surface area contributed by atoms with Crippen LogP contribution in [0.5, 0.6) is 11.5 Å². The molecule has 6 heteroatoms. The summed E-state index contributed by atoms with van der Waals surface area (Å²) in [5, 5.41) is 0. The summed E-state index contributed by atoms with van der Waals surface area (Å²) in [7, 11) is 2.11. The zero-order chi connectivity index (χ0) is 29.2. The van der Waals surface area contributed by atoms with Crippen molar-refractivity contribution in [3.05, 3.63) is 94.0 Å². The Morgan fingerprint density at radius 2 is 1.43 bits per heavy atom. The number of rotatable bonds is 17. The van der Waals surface area contributed by atoms with E-state index in [1.165, 1.54) is 36.8 Å². The average Bonchev–Trinajstić information content (AvgIpc) is 2.96. The van der Waals surface area contributed by atoms with E-state index in [0.29, 0.717) is 26.4 Å². The van der Waals surface area contributed by atoms with E-state index in [4.69, 9.17) is 14.2 Å². The van der Waals surface area contributed by atoms with E-state index >= 15 is 0 Å². The molecule has 0 fully saturated rings. The third kappa shape index (κ3) is 12.8. The molecule has 0 bridgehead atoms. The molecule has 0 N–H and O–H groups in total. The summed E-state index contributed by atoms with van der Waals surface area (Å²) in [6.07, 6.45) is 5.07. The summed E-state index contributed by atoms with van der Waals surface area (Å²) in [4.78, 5) is 2.26. The molecule has 0 aromatic heterocycles. The summed E-state index contributed by atoms with van der Waals surface area (Å²) in [5.74, 6) is 3.59. The molecule has 0 aliphatic rings. The first kappa shape index (κ1) is 34.3. The van der Waals surface area contributed by atoms with Gasteiger partial charge >= 0.3 is 0 Å². The van der Waals surface area contributed by atoms with Crippen LogP contribution in [0.1, 0.15) is 63.1 Å². The van der Waals surface area contributed by atoms with Gasteiger partial charge in [-0.2, -0.15) is 0 Å². The fraction of sp³-hybridized carbons (Fsp3) is 0.471. The molecule has 0 unspecified atom stereocenters. The minimum atomic E-state index is 0.207. The van der Waals surface area contributed by atoms with Crippen LogP contribution in [0.25, 0.3) is 0 Å². The van der Waals surface area contributed by atoms with Crippen LogP contribution in [-0.4, -0.2) is 44.1 Å². The number of nitrogens with zero attached hydrogens (tertiary/aromatic N) is 1. The molecule has 3 aromatic carbocycles. The van der Waals surface area contributed by atoms with Gasteiger partial charge in [-0.3, -0.25) is 4.90 Å². The Morgan fingerprint density at radius 3 is 2.10 bits per heavy atom. The quantitative estimate of drug-likeness (QED) is 0.105. The Balaban J connectivity index is 0.00000274. The molecule has 0 spiro atoms. The summed E-state index contributed by atoms with van der Waals surface area (Å²) in [6.45, 7) is 11.0. The number of hydrogen-bond acceptors (Lipinski definition) is 4. The molecule has 0 radical (unpaired) electrons. The zero-order valence-electron chi connectivity index (χ0n) is 24.9. The zero-order valence-corrected chi connectivity index (χ0v) is 28.1. The van der Waals surface area contributed by atoms with Crippen molar-refractivity contribution in [1.82, 2.24) is 4.90 Å². The van der Waals surface area contributed by atoms with Crippen molar-refractivity contribution in [2.75, 3.05) is 39.2 Å². The monoisotopic (exact) mass is 675 g/mol. The number of likely N-dealkylation sites (N-methyl/N-ethyl adjacent to an activating group) is 1. The van der Waals surface area contributed by atoms with E-state index < -0.39 is 0 Å². The van der Waals surface area contributed by atoms with Gasteiger partial charge in [0.2, 0.25) is 0 Å². The fourth-order valence-corrected chi connectivity index (χ4v) is 4.76. The van der Waals surface area contributed by atoms with Gasteiger partial charge in [0.15, 0.2) is 0 Å². The second-order valence-corrected chi connectivity index (χ2v) is 11.4. The molecule has 220 valence electrons. The van der Waals surface area contributed by atoms with Crippen LogP contribution in [0.2, 0.25) is 0 Å². The molecule has 0 saturated heterocycles. The van der Waals surface area contributed by atoms with Crippen LogP contribution in [0.4, 0.5) is 0 Å². The van der Waals surface area contributed by atoms with E-state index in [0.717, 1.165) is 34.6 Å². The van der Waals surface area contributed by atoms with Crippen LogP contribution in [-0.2, 0) is 23.3 Å². The highest BCUT2D eigenvalue weighted by Gasteiger charge is 2.19. The van der Waals surface area contributed by atoms with Gasteiger partial charge in [-0.15, -0.1) is 0 Å². The van der Waals surface area contributed by atoms with Crippen LogP contribution < -0.4 is 9.47 Å². The predicted octanol–water partition coefficient (Wildman–Crippen LogP) is 9.42. The SMILES string of the molecule is CBr.CCCCCC(C)(C)c1ccc(OCCOCCN(C)Cc2ccc(OCc3ccccc3Br)cc2)cc1. The van der Waals surface area contributed by atoms with Crippen molar-refractivity contribution >= 4 is 31.9 Å². The van der Waals surface area contributed by atoms with Gasteiger partial charge in [-0.25, -0.2) is 0 Å². The van der Waals surface area contributed by atoms with Crippen molar-refractivity contribution < 1.29 is 14.2 Å². The third-order valence-corrected chi connectivity index (χ3v) is 7.66. The maximum absolute atomic E-state index is 5.93. The molecule has 3 aromatic rings. The van der Waals surface area contributed by atoms with Gasteiger partial charge in [-0.1, -0.05) is 114 Å². The minimum absolute atomic E-state index is 0.207. The first-order valence-corrected chi connectivity index (χ1v) is 16.6. The summed E-state index contributed by atoms with van der Waals surface area (Å²) in [6, 6.07) is 25.0. The van der Waals surface area contributed by atoms with Crippen molar-refractivity contribution in [1.29, 1.82) is 0 Å². The molecular weight excluding hydrogens is 630 g/mol. The van der Waals surface area contributed by atoms with Gasteiger partial charge in [0, 0.05) is 23.1 Å². The number of unbranched alkanes of at least 4 members (excludes halogenated alkanes) is 2. The second-order valence-electron chi connectivity index (χ2n) is 10.6. The number of benzene rings is 3. The second kappa shape index (κ2) is 19.3. The molecule has 0 atom stereocenters. The molecule has 0 heterocycles. The lowest BCUT2D eigenvalue weighted by Gasteiger charge is -2.25. The lowest BCUT2D eigenvalue weighted by Crippen LogP contribution is -2.23. The van der Waals surface area contributed by atoms with Gasteiger partial charge in [-0.05, 0) is 66.2 Å². The summed E-state index contributed by atoms with van der Waals surface area (Å²) in [5.41, 5.74) is 3.97. The van der Waals surface area contributed by atoms with Gasteiger partial charge < -0.3 is 14.2 Å². The Labute approximate surface area is 259 Å². The van der Waals surface area contributed by atoms with Crippen LogP contribution in [0.3, 0.4) is 0 Å². The largest absolute Gasteiger partial charge is 0.491 e. The molecule has 0 aliphatic heterocycles. The smallest absolute Gasteiger partial charge is 0.119 e. The third-order valence-electron chi connectivity index (χ3n) is 6.88. The first-order valence-electron chi connectivity index (χ1n) is 14.2. The van der Waals surface area contributed by atoms with Crippen LogP contribution in [0, 0.1) is 0 Å². The van der Waals surface area contributed by atoms with E-state index in [-0.39, 0.29) is 5.41 Å². The fourth-order valence-electron chi connectivity index (χ4n) is 4.36. The normalized spacial score (nSPS) is 11.2. The Bertz CT molecular complexity index is 1070. The highest BCUT2D eigenvalue weighted by molar-refractivity contribution is 9.10. The molecule has 4 nitrogen and oxygen atoms in total. The van der Waals surface area contributed by atoms with E-state index in [1.54, 1.807) is 0 Å². The van der Waals surface area contributed by atoms with Crippen molar-refractivity contribution in [2.24, 2.45) is 0 Å².